The summed E-state index contributed by atoms with van der Waals surface area (Å²) in [6.07, 6.45) is 0.902. The molecular weight excluding hydrogens is 350 g/mol. The Morgan fingerprint density at radius 3 is 2.77 bits per heavy atom. The van der Waals surface area contributed by atoms with Gasteiger partial charge in [-0.1, -0.05) is 29.8 Å². The van der Waals surface area contributed by atoms with Gasteiger partial charge in [-0.2, -0.15) is 5.10 Å². The standard InChI is InChI=1S/C19H24ClN5O/c1-13(14-4-2-3-5-16(14)20)24-8-10-25(11-9-24)19(26)18-15-12-21-7-6-17(15)22-23-18/h2-5,13,21H,6-12H2,1H3,(H,22,23). The van der Waals surface area contributed by atoms with Crippen LogP contribution in [0.1, 0.15) is 40.3 Å². The zero-order chi connectivity index (χ0) is 18.1. The number of nitrogens with zero attached hydrogens (tertiary/aromatic N) is 3. The number of H-pyrrole nitrogens is 1. The van der Waals surface area contributed by atoms with E-state index in [4.69, 9.17) is 11.6 Å². The van der Waals surface area contributed by atoms with Crippen LogP contribution in [0.15, 0.2) is 24.3 Å². The molecule has 3 heterocycles. The van der Waals surface area contributed by atoms with E-state index in [1.165, 1.54) is 0 Å². The Morgan fingerprint density at radius 2 is 2.00 bits per heavy atom. The van der Waals surface area contributed by atoms with Crippen molar-refractivity contribution >= 4 is 17.5 Å². The molecule has 26 heavy (non-hydrogen) atoms. The maximum absolute atomic E-state index is 12.9. The molecule has 2 aromatic rings. The number of carbonyl (C=O) groups is 1. The fourth-order valence-corrected chi connectivity index (χ4v) is 4.17. The summed E-state index contributed by atoms with van der Waals surface area (Å²) >= 11 is 6.34. The summed E-state index contributed by atoms with van der Waals surface area (Å²) in [6.45, 7) is 6.92. The number of rotatable bonds is 3. The summed E-state index contributed by atoms with van der Waals surface area (Å²) in [5.74, 6) is 0.0382. The normalized spacial score (nSPS) is 19.2. The number of nitrogens with one attached hydrogen (secondary N) is 2. The van der Waals surface area contributed by atoms with E-state index >= 15 is 0 Å². The summed E-state index contributed by atoms with van der Waals surface area (Å²) in [5.41, 5.74) is 3.85. The van der Waals surface area contributed by atoms with Gasteiger partial charge in [-0.05, 0) is 18.6 Å². The Morgan fingerprint density at radius 1 is 1.23 bits per heavy atom. The van der Waals surface area contributed by atoms with Gasteiger partial charge in [0.1, 0.15) is 0 Å². The molecule has 0 bridgehead atoms. The summed E-state index contributed by atoms with van der Waals surface area (Å²) in [4.78, 5) is 17.2. The lowest BCUT2D eigenvalue weighted by Crippen LogP contribution is -2.49. The summed E-state index contributed by atoms with van der Waals surface area (Å²) < 4.78 is 0. The van der Waals surface area contributed by atoms with Gasteiger partial charge in [0, 0.05) is 68.0 Å². The minimum absolute atomic E-state index is 0.0382. The first kappa shape index (κ1) is 17.5. The van der Waals surface area contributed by atoms with Crippen molar-refractivity contribution in [3.8, 4) is 0 Å². The fraction of sp³-hybridized carbons (Fsp3) is 0.474. The predicted molar refractivity (Wildman–Crippen MR) is 101 cm³/mol. The van der Waals surface area contributed by atoms with Gasteiger partial charge < -0.3 is 10.2 Å². The summed E-state index contributed by atoms with van der Waals surface area (Å²) in [6, 6.07) is 8.22. The van der Waals surface area contributed by atoms with Crippen LogP contribution in [0.2, 0.25) is 5.02 Å². The van der Waals surface area contributed by atoms with Crippen molar-refractivity contribution in [1.29, 1.82) is 0 Å². The highest BCUT2D eigenvalue weighted by atomic mass is 35.5. The number of halogens is 1. The Hall–Kier alpha value is -1.89. The molecule has 1 atom stereocenters. The lowest BCUT2D eigenvalue weighted by molar-refractivity contribution is 0.0575. The number of hydrogen-bond donors (Lipinski definition) is 2. The Balaban J connectivity index is 1.41. The number of fused-ring (bicyclic) bond motifs is 1. The first-order valence-electron chi connectivity index (χ1n) is 9.19. The molecule has 1 amide bonds. The van der Waals surface area contributed by atoms with Crippen LogP contribution in [-0.4, -0.2) is 58.6 Å². The van der Waals surface area contributed by atoms with Crippen molar-refractivity contribution in [2.45, 2.75) is 25.9 Å². The van der Waals surface area contributed by atoms with Gasteiger partial charge in [0.15, 0.2) is 5.69 Å². The van der Waals surface area contributed by atoms with Crippen molar-refractivity contribution in [3.63, 3.8) is 0 Å². The number of aromatic amines is 1. The van der Waals surface area contributed by atoms with Gasteiger partial charge in [0.25, 0.3) is 5.91 Å². The molecule has 0 radical (unpaired) electrons. The number of carbonyl (C=O) groups excluding carboxylic acids is 1. The van der Waals surface area contributed by atoms with Crippen LogP contribution in [0.4, 0.5) is 0 Å². The van der Waals surface area contributed by atoms with Crippen LogP contribution in [-0.2, 0) is 13.0 Å². The SMILES string of the molecule is CC(c1ccccc1Cl)N1CCN(C(=O)c2n[nH]c3c2CNCC3)CC1. The molecule has 0 saturated carbocycles. The Kier molecular flexibility index (Phi) is 4.98. The highest BCUT2D eigenvalue weighted by molar-refractivity contribution is 6.31. The van der Waals surface area contributed by atoms with Gasteiger partial charge in [-0.3, -0.25) is 14.8 Å². The molecule has 2 aliphatic heterocycles. The minimum atomic E-state index is 0.0382. The number of aromatic nitrogens is 2. The largest absolute Gasteiger partial charge is 0.335 e. The van der Waals surface area contributed by atoms with E-state index in [9.17, 15) is 4.79 Å². The average molecular weight is 374 g/mol. The van der Waals surface area contributed by atoms with E-state index in [1.807, 2.05) is 23.1 Å². The number of hydrogen-bond acceptors (Lipinski definition) is 4. The third-order valence-electron chi connectivity index (χ3n) is 5.51. The van der Waals surface area contributed by atoms with Crippen LogP contribution < -0.4 is 5.32 Å². The van der Waals surface area contributed by atoms with Crippen LogP contribution in [0, 0.1) is 0 Å². The fourth-order valence-electron chi connectivity index (χ4n) is 3.87. The molecule has 6 nitrogen and oxygen atoms in total. The molecular formula is C19H24ClN5O. The lowest BCUT2D eigenvalue weighted by atomic mass is 10.0. The second kappa shape index (κ2) is 7.39. The monoisotopic (exact) mass is 373 g/mol. The van der Waals surface area contributed by atoms with Crippen molar-refractivity contribution in [3.05, 3.63) is 51.8 Å². The van der Waals surface area contributed by atoms with Crippen molar-refractivity contribution in [2.75, 3.05) is 32.7 Å². The summed E-state index contributed by atoms with van der Waals surface area (Å²) in [5, 5.41) is 11.5. The second-order valence-corrected chi connectivity index (χ2v) is 7.39. The zero-order valence-corrected chi connectivity index (χ0v) is 15.7. The van der Waals surface area contributed by atoms with Gasteiger partial charge in [0.2, 0.25) is 0 Å². The highest BCUT2D eigenvalue weighted by Gasteiger charge is 2.29. The van der Waals surface area contributed by atoms with E-state index < -0.39 is 0 Å². The van der Waals surface area contributed by atoms with E-state index in [2.05, 4.69) is 33.4 Å². The number of piperazine rings is 1. The molecule has 1 unspecified atom stereocenters. The molecule has 138 valence electrons. The third kappa shape index (κ3) is 3.24. The van der Waals surface area contributed by atoms with E-state index in [0.29, 0.717) is 18.8 Å². The molecule has 0 aliphatic carbocycles. The van der Waals surface area contributed by atoms with E-state index in [0.717, 1.165) is 54.4 Å². The minimum Gasteiger partial charge on any atom is -0.335 e. The highest BCUT2D eigenvalue weighted by Crippen LogP contribution is 2.28. The third-order valence-corrected chi connectivity index (χ3v) is 5.86. The quantitative estimate of drug-likeness (QED) is 0.866. The summed E-state index contributed by atoms with van der Waals surface area (Å²) in [7, 11) is 0. The molecule has 1 aromatic carbocycles. The van der Waals surface area contributed by atoms with Crippen molar-refractivity contribution in [2.24, 2.45) is 0 Å². The molecule has 4 rings (SSSR count). The van der Waals surface area contributed by atoms with Gasteiger partial charge in [-0.15, -0.1) is 0 Å². The van der Waals surface area contributed by atoms with E-state index in [1.54, 1.807) is 0 Å². The van der Waals surface area contributed by atoms with Gasteiger partial charge in [0.05, 0.1) is 0 Å². The Bertz CT molecular complexity index is 797. The maximum Gasteiger partial charge on any atom is 0.274 e. The maximum atomic E-state index is 12.9. The Labute approximate surface area is 158 Å². The van der Waals surface area contributed by atoms with Crippen LogP contribution in [0.25, 0.3) is 0 Å². The molecule has 1 aromatic heterocycles. The zero-order valence-electron chi connectivity index (χ0n) is 15.0. The number of amides is 1. The molecule has 2 N–H and O–H groups in total. The van der Waals surface area contributed by atoms with Gasteiger partial charge in [-0.25, -0.2) is 0 Å². The lowest BCUT2D eigenvalue weighted by Gasteiger charge is -2.38. The molecule has 7 heteroatoms. The second-order valence-electron chi connectivity index (χ2n) is 6.98. The van der Waals surface area contributed by atoms with Crippen LogP contribution in [0.3, 0.4) is 0 Å². The first-order valence-corrected chi connectivity index (χ1v) is 9.57. The van der Waals surface area contributed by atoms with Crippen LogP contribution >= 0.6 is 11.6 Å². The smallest absolute Gasteiger partial charge is 0.274 e. The predicted octanol–water partition coefficient (Wildman–Crippen LogP) is 2.23. The molecule has 1 fully saturated rings. The molecule has 0 spiro atoms. The average Bonchev–Trinajstić information content (AvgIpc) is 3.11. The number of benzene rings is 1. The molecule has 1 saturated heterocycles. The molecule has 2 aliphatic rings. The van der Waals surface area contributed by atoms with E-state index in [-0.39, 0.29) is 11.9 Å². The van der Waals surface area contributed by atoms with Gasteiger partial charge >= 0.3 is 0 Å². The van der Waals surface area contributed by atoms with Crippen LogP contribution in [0.5, 0.6) is 0 Å². The topological polar surface area (TPSA) is 64.3 Å². The first-order chi connectivity index (χ1) is 12.6. The van der Waals surface area contributed by atoms with Crippen molar-refractivity contribution in [1.82, 2.24) is 25.3 Å². The van der Waals surface area contributed by atoms with Crippen molar-refractivity contribution < 1.29 is 4.79 Å².